The number of nitrogens with one attached hydrogen (secondary N) is 2. The van der Waals surface area contributed by atoms with E-state index in [1.165, 1.54) is 12.4 Å². The fourth-order valence-corrected chi connectivity index (χ4v) is 2.26. The summed E-state index contributed by atoms with van der Waals surface area (Å²) in [5, 5.41) is 3.49. The molecule has 22 heavy (non-hydrogen) atoms. The van der Waals surface area contributed by atoms with Gasteiger partial charge in [0.15, 0.2) is 0 Å². The summed E-state index contributed by atoms with van der Waals surface area (Å²) in [5.41, 5.74) is 2.24. The number of H-pyrrole nitrogens is 1. The Kier molecular flexibility index (Phi) is 3.65. The van der Waals surface area contributed by atoms with Crippen molar-refractivity contribution >= 4 is 16.8 Å². The molecule has 0 saturated carbocycles. The second kappa shape index (κ2) is 5.77. The van der Waals surface area contributed by atoms with Gasteiger partial charge in [-0.3, -0.25) is 9.59 Å². The molecule has 0 bridgehead atoms. The molecule has 0 atom stereocenters. The number of fused-ring (bicyclic) bond motifs is 1. The second-order valence-corrected chi connectivity index (χ2v) is 4.93. The van der Waals surface area contributed by atoms with E-state index >= 15 is 0 Å². The predicted octanol–water partition coefficient (Wildman–Crippen LogP) is 1.56. The SMILES string of the molecule is Cc1cc(CNC(=O)c2cc(=O)[nH]c3ccccc23)ncn1. The largest absolute Gasteiger partial charge is 0.346 e. The lowest BCUT2D eigenvalue weighted by atomic mass is 10.1. The van der Waals surface area contributed by atoms with E-state index in [9.17, 15) is 9.59 Å². The quantitative estimate of drug-likeness (QED) is 0.767. The van der Waals surface area contributed by atoms with E-state index in [0.717, 1.165) is 11.4 Å². The Morgan fingerprint density at radius 3 is 2.86 bits per heavy atom. The molecule has 2 aromatic heterocycles. The van der Waals surface area contributed by atoms with Gasteiger partial charge in [-0.25, -0.2) is 9.97 Å². The molecule has 6 nitrogen and oxygen atoms in total. The molecule has 0 saturated heterocycles. The lowest BCUT2D eigenvalue weighted by Crippen LogP contribution is -2.25. The number of nitrogens with zero attached hydrogens (tertiary/aromatic N) is 2. The number of carbonyl (C=O) groups excluding carboxylic acids is 1. The smallest absolute Gasteiger partial charge is 0.252 e. The number of aryl methyl sites for hydroxylation is 1. The summed E-state index contributed by atoms with van der Waals surface area (Å²) >= 11 is 0. The maximum atomic E-state index is 12.4. The molecule has 2 N–H and O–H groups in total. The third-order valence-electron chi connectivity index (χ3n) is 3.29. The number of carbonyl (C=O) groups is 1. The Labute approximate surface area is 126 Å². The molecule has 1 amide bonds. The average molecular weight is 294 g/mol. The Hall–Kier alpha value is -3.02. The van der Waals surface area contributed by atoms with Crippen LogP contribution in [0, 0.1) is 6.92 Å². The summed E-state index contributed by atoms with van der Waals surface area (Å²) in [6.45, 7) is 2.14. The van der Waals surface area contributed by atoms with Gasteiger partial charge in [-0.05, 0) is 19.1 Å². The van der Waals surface area contributed by atoms with Gasteiger partial charge in [-0.2, -0.15) is 0 Å². The number of amides is 1. The predicted molar refractivity (Wildman–Crippen MR) is 82.5 cm³/mol. The van der Waals surface area contributed by atoms with Gasteiger partial charge < -0.3 is 10.3 Å². The first-order valence-electron chi connectivity index (χ1n) is 6.81. The van der Waals surface area contributed by atoms with Gasteiger partial charge in [0.25, 0.3) is 5.91 Å². The van der Waals surface area contributed by atoms with E-state index in [-0.39, 0.29) is 18.0 Å². The van der Waals surface area contributed by atoms with Gasteiger partial charge in [0, 0.05) is 22.7 Å². The van der Waals surface area contributed by atoms with Crippen LogP contribution in [0.4, 0.5) is 0 Å². The Balaban J connectivity index is 1.88. The van der Waals surface area contributed by atoms with E-state index in [4.69, 9.17) is 0 Å². The molecule has 0 aliphatic carbocycles. The first-order valence-corrected chi connectivity index (χ1v) is 6.81. The molecule has 110 valence electrons. The fourth-order valence-electron chi connectivity index (χ4n) is 2.26. The van der Waals surface area contributed by atoms with E-state index in [0.29, 0.717) is 16.5 Å². The fraction of sp³-hybridized carbons (Fsp3) is 0.125. The van der Waals surface area contributed by atoms with Crippen LogP contribution in [0.15, 0.2) is 47.5 Å². The monoisotopic (exact) mass is 294 g/mol. The minimum Gasteiger partial charge on any atom is -0.346 e. The number of pyridine rings is 1. The first-order chi connectivity index (χ1) is 10.6. The van der Waals surface area contributed by atoms with Crippen molar-refractivity contribution in [2.24, 2.45) is 0 Å². The van der Waals surface area contributed by atoms with Crippen LogP contribution in [0.3, 0.4) is 0 Å². The van der Waals surface area contributed by atoms with Gasteiger partial charge in [0.1, 0.15) is 6.33 Å². The summed E-state index contributed by atoms with van der Waals surface area (Å²) in [5.74, 6) is -0.307. The number of aromatic nitrogens is 3. The van der Waals surface area contributed by atoms with E-state index in [2.05, 4.69) is 20.3 Å². The normalized spacial score (nSPS) is 10.6. The van der Waals surface area contributed by atoms with Crippen LogP contribution < -0.4 is 10.9 Å². The lowest BCUT2D eigenvalue weighted by molar-refractivity contribution is 0.0952. The molecule has 3 rings (SSSR count). The maximum absolute atomic E-state index is 12.4. The Bertz CT molecular complexity index is 902. The van der Waals surface area contributed by atoms with Gasteiger partial charge >= 0.3 is 0 Å². The number of aromatic amines is 1. The molecule has 0 fully saturated rings. The highest BCUT2D eigenvalue weighted by atomic mass is 16.2. The van der Waals surface area contributed by atoms with Crippen LogP contribution in [-0.4, -0.2) is 20.9 Å². The summed E-state index contributed by atoms with van der Waals surface area (Å²) in [6, 6.07) is 10.3. The molecule has 6 heteroatoms. The number of rotatable bonds is 3. The van der Waals surface area contributed by atoms with Crippen molar-refractivity contribution in [3.8, 4) is 0 Å². The van der Waals surface area contributed by atoms with Gasteiger partial charge in [-0.15, -0.1) is 0 Å². The number of hydrogen-bond acceptors (Lipinski definition) is 4. The van der Waals surface area contributed by atoms with Crippen molar-refractivity contribution in [3.63, 3.8) is 0 Å². The molecular formula is C16H14N4O2. The zero-order chi connectivity index (χ0) is 15.5. The van der Waals surface area contributed by atoms with Crippen molar-refractivity contribution in [1.82, 2.24) is 20.3 Å². The third-order valence-corrected chi connectivity index (χ3v) is 3.29. The summed E-state index contributed by atoms with van der Waals surface area (Å²) in [6.07, 6.45) is 1.46. The molecular weight excluding hydrogens is 280 g/mol. The summed E-state index contributed by atoms with van der Waals surface area (Å²) in [4.78, 5) is 34.8. The average Bonchev–Trinajstić information content (AvgIpc) is 2.52. The van der Waals surface area contributed by atoms with Crippen molar-refractivity contribution in [1.29, 1.82) is 0 Å². The highest BCUT2D eigenvalue weighted by molar-refractivity contribution is 6.05. The van der Waals surface area contributed by atoms with Crippen molar-refractivity contribution < 1.29 is 4.79 Å². The molecule has 2 heterocycles. The summed E-state index contributed by atoms with van der Waals surface area (Å²) < 4.78 is 0. The molecule has 0 spiro atoms. The second-order valence-electron chi connectivity index (χ2n) is 4.93. The minimum atomic E-state index is -0.307. The minimum absolute atomic E-state index is 0.281. The molecule has 0 radical (unpaired) electrons. The lowest BCUT2D eigenvalue weighted by Gasteiger charge is -2.07. The molecule has 1 aromatic carbocycles. The Morgan fingerprint density at radius 1 is 1.23 bits per heavy atom. The molecule has 3 aromatic rings. The molecule has 0 aliphatic rings. The van der Waals surface area contributed by atoms with Crippen molar-refractivity contribution in [2.75, 3.05) is 0 Å². The standard InChI is InChI=1S/C16H14N4O2/c1-10-6-11(19-9-18-10)8-17-16(22)13-7-15(21)20-14-5-3-2-4-12(13)14/h2-7,9H,8H2,1H3,(H,17,22)(H,20,21). The van der Waals surface area contributed by atoms with Gasteiger partial charge in [0.2, 0.25) is 5.56 Å². The highest BCUT2D eigenvalue weighted by Crippen LogP contribution is 2.14. The van der Waals surface area contributed by atoms with Crippen LogP contribution >= 0.6 is 0 Å². The van der Waals surface area contributed by atoms with Crippen LogP contribution in [0.5, 0.6) is 0 Å². The van der Waals surface area contributed by atoms with Gasteiger partial charge in [-0.1, -0.05) is 18.2 Å². The van der Waals surface area contributed by atoms with Crippen LogP contribution in [-0.2, 0) is 6.54 Å². The topological polar surface area (TPSA) is 87.7 Å². The van der Waals surface area contributed by atoms with Crippen molar-refractivity contribution in [3.05, 3.63) is 70.0 Å². The van der Waals surface area contributed by atoms with Crippen LogP contribution in [0.1, 0.15) is 21.7 Å². The number of hydrogen-bond donors (Lipinski definition) is 2. The molecule has 0 unspecified atom stereocenters. The van der Waals surface area contributed by atoms with Crippen molar-refractivity contribution in [2.45, 2.75) is 13.5 Å². The zero-order valence-electron chi connectivity index (χ0n) is 12.0. The molecule has 0 aliphatic heterocycles. The third kappa shape index (κ3) is 2.85. The summed E-state index contributed by atoms with van der Waals surface area (Å²) in [7, 11) is 0. The highest BCUT2D eigenvalue weighted by Gasteiger charge is 2.11. The van der Waals surface area contributed by atoms with Crippen LogP contribution in [0.25, 0.3) is 10.9 Å². The van der Waals surface area contributed by atoms with E-state index in [1.807, 2.05) is 19.1 Å². The maximum Gasteiger partial charge on any atom is 0.252 e. The van der Waals surface area contributed by atoms with Gasteiger partial charge in [0.05, 0.1) is 17.8 Å². The van der Waals surface area contributed by atoms with E-state index < -0.39 is 0 Å². The zero-order valence-corrected chi connectivity index (χ0v) is 12.0. The number of para-hydroxylation sites is 1. The Morgan fingerprint density at radius 2 is 2.05 bits per heavy atom. The van der Waals surface area contributed by atoms with Crippen LogP contribution in [0.2, 0.25) is 0 Å². The first kappa shape index (κ1) is 13.9. The number of benzene rings is 1. The van der Waals surface area contributed by atoms with E-state index in [1.54, 1.807) is 18.2 Å².